The summed E-state index contributed by atoms with van der Waals surface area (Å²) in [5.41, 5.74) is 3.74. The number of benzene rings is 3. The van der Waals surface area contributed by atoms with Crippen LogP contribution < -0.4 is 0 Å². The average Bonchev–Trinajstić information content (AvgIpc) is 2.97. The molecule has 38 heavy (non-hydrogen) atoms. The Bertz CT molecular complexity index is 897. The Morgan fingerprint density at radius 2 is 0.842 bits per heavy atom. The normalized spacial score (nSPS) is 11.3. The summed E-state index contributed by atoms with van der Waals surface area (Å²) in [7, 11) is 0. The molecule has 0 atom stereocenters. The van der Waals surface area contributed by atoms with Crippen LogP contribution in [0.5, 0.6) is 0 Å². The second-order valence-electron chi connectivity index (χ2n) is 10.1. The fourth-order valence-electron chi connectivity index (χ4n) is 4.98. The number of ether oxygens (including phenoxy) is 3. The summed E-state index contributed by atoms with van der Waals surface area (Å²) in [5, 5.41) is 0. The van der Waals surface area contributed by atoms with Crippen LogP contribution in [0.4, 0.5) is 0 Å². The number of hydrogen-bond acceptors (Lipinski definition) is 3. The molecule has 3 rings (SSSR count). The molecule has 0 saturated carbocycles. The minimum absolute atomic E-state index is 0.118. The van der Waals surface area contributed by atoms with Crippen molar-refractivity contribution in [1.82, 2.24) is 0 Å². The first-order chi connectivity index (χ1) is 18.8. The highest BCUT2D eigenvalue weighted by atomic mass is 16.5. The highest BCUT2D eigenvalue weighted by Gasteiger charge is 2.30. The summed E-state index contributed by atoms with van der Waals surface area (Å²) < 4.78 is 18.0. The lowest BCUT2D eigenvalue weighted by Gasteiger charge is -2.33. The quantitative estimate of drug-likeness (QED) is 0.113. The van der Waals surface area contributed by atoms with Gasteiger partial charge in [0, 0.05) is 26.2 Å². The molecule has 202 valence electrons. The zero-order valence-corrected chi connectivity index (χ0v) is 22.7. The largest absolute Gasteiger partial charge is 0.377 e. The van der Waals surface area contributed by atoms with Crippen LogP contribution >= 0.6 is 0 Å². The monoisotopic (exact) mass is 513 g/mol. The van der Waals surface area contributed by atoms with E-state index in [1.165, 1.54) is 16.7 Å². The molecule has 0 unspecified atom stereocenters. The highest BCUT2D eigenvalue weighted by Crippen LogP contribution is 2.39. The van der Waals surface area contributed by atoms with Crippen molar-refractivity contribution in [3.8, 4) is 0 Å². The Balaban J connectivity index is 1.48. The molecule has 0 amide bonds. The van der Waals surface area contributed by atoms with E-state index < -0.39 is 0 Å². The van der Waals surface area contributed by atoms with Crippen LogP contribution in [0.2, 0.25) is 0 Å². The van der Waals surface area contributed by atoms with Crippen molar-refractivity contribution in [1.29, 1.82) is 0 Å². The zero-order chi connectivity index (χ0) is 26.6. The Morgan fingerprint density at radius 3 is 1.16 bits per heavy atom. The smallest absolute Gasteiger partial charge is 0.215 e. The molecule has 4 nitrogen and oxygen atoms in total. The maximum atomic E-state index is 7.45. The van der Waals surface area contributed by atoms with Crippen LogP contribution in [-0.4, -0.2) is 26.4 Å². The van der Waals surface area contributed by atoms with Gasteiger partial charge in [-0.15, -0.1) is 0 Å². The first-order valence-electron chi connectivity index (χ1n) is 14.0. The molecule has 0 aromatic heterocycles. The van der Waals surface area contributed by atoms with Gasteiger partial charge in [-0.2, -0.15) is 0 Å². The average molecular weight is 514 g/mol. The molecule has 0 saturated heterocycles. The van der Waals surface area contributed by atoms with E-state index in [4.69, 9.17) is 20.8 Å². The maximum Gasteiger partial charge on any atom is 0.215 e. The summed E-state index contributed by atoms with van der Waals surface area (Å²) in [6.45, 7) is 12.2. The van der Waals surface area contributed by atoms with Crippen molar-refractivity contribution in [2.24, 2.45) is 5.41 Å². The predicted octanol–water partition coefficient (Wildman–Crippen LogP) is 8.27. The van der Waals surface area contributed by atoms with E-state index in [1.807, 2.05) is 54.6 Å². The summed E-state index contributed by atoms with van der Waals surface area (Å²) in [4.78, 5) is 3.73. The van der Waals surface area contributed by atoms with Crippen LogP contribution in [0.3, 0.4) is 0 Å². The summed E-state index contributed by atoms with van der Waals surface area (Å²) in [6, 6.07) is 31.0. The van der Waals surface area contributed by atoms with Crippen LogP contribution in [-0.2, 0) is 34.0 Å². The van der Waals surface area contributed by atoms with Crippen molar-refractivity contribution in [2.45, 2.75) is 64.8 Å². The van der Waals surface area contributed by atoms with Crippen LogP contribution in [0.1, 0.15) is 61.6 Å². The highest BCUT2D eigenvalue weighted by molar-refractivity contribution is 5.14. The van der Waals surface area contributed by atoms with Gasteiger partial charge in [-0.3, -0.25) is 0 Å². The molecule has 0 spiro atoms. The van der Waals surface area contributed by atoms with Gasteiger partial charge in [-0.1, -0.05) is 91.0 Å². The number of nitrogens with zero attached hydrogens (tertiary/aromatic N) is 1. The molecular formula is C34H43NO3. The molecule has 4 heteroatoms. The summed E-state index contributed by atoms with van der Waals surface area (Å²) >= 11 is 0. The maximum absolute atomic E-state index is 7.45. The van der Waals surface area contributed by atoms with E-state index in [0.717, 1.165) is 64.8 Å². The topological polar surface area (TPSA) is 32.0 Å². The minimum atomic E-state index is 0.118. The van der Waals surface area contributed by atoms with Gasteiger partial charge in [-0.05, 0) is 60.6 Å². The van der Waals surface area contributed by atoms with Gasteiger partial charge in [0.1, 0.15) is 0 Å². The fraction of sp³-hybridized carbons (Fsp3) is 0.441. The van der Waals surface area contributed by atoms with Gasteiger partial charge in [-0.25, -0.2) is 6.57 Å². The van der Waals surface area contributed by atoms with Crippen molar-refractivity contribution < 1.29 is 14.2 Å². The first-order valence-corrected chi connectivity index (χ1v) is 14.0. The predicted molar refractivity (Wildman–Crippen MR) is 155 cm³/mol. The number of rotatable bonds is 20. The second kappa shape index (κ2) is 18.3. The minimum Gasteiger partial charge on any atom is -0.377 e. The molecule has 0 aliphatic heterocycles. The van der Waals surface area contributed by atoms with Crippen molar-refractivity contribution in [3.05, 3.63) is 119 Å². The van der Waals surface area contributed by atoms with Crippen molar-refractivity contribution >= 4 is 0 Å². The van der Waals surface area contributed by atoms with E-state index in [1.54, 1.807) is 0 Å². The molecule has 0 heterocycles. The Kier molecular flexibility index (Phi) is 14.3. The number of hydrogen-bond donors (Lipinski definition) is 0. The lowest BCUT2D eigenvalue weighted by atomic mass is 9.73. The molecule has 0 N–H and O–H groups in total. The second-order valence-corrected chi connectivity index (χ2v) is 10.1. The molecule has 0 bridgehead atoms. The Hall–Kier alpha value is -2.97. The molecule has 0 aliphatic carbocycles. The molecule has 0 radical (unpaired) electrons. The standard InChI is InChI=1S/C34H43NO3/c1-35-24-23-34(20-11-25-36-28-31-14-5-2-6-15-31,21-12-26-37-29-32-16-7-3-8-17-32)22-13-27-38-30-33-18-9-4-10-19-33/h2-10,14-19H,11-13,20-30H2. The summed E-state index contributed by atoms with van der Waals surface area (Å²) in [6.07, 6.45) is 7.12. The van der Waals surface area contributed by atoms with E-state index in [-0.39, 0.29) is 5.41 Å². The molecule has 3 aromatic rings. The van der Waals surface area contributed by atoms with Gasteiger partial charge in [0.2, 0.25) is 6.54 Å². The van der Waals surface area contributed by atoms with E-state index in [9.17, 15) is 0 Å². The van der Waals surface area contributed by atoms with Crippen LogP contribution in [0, 0.1) is 12.0 Å². The lowest BCUT2D eigenvalue weighted by Crippen LogP contribution is -2.24. The third kappa shape index (κ3) is 12.0. The van der Waals surface area contributed by atoms with E-state index in [0.29, 0.717) is 26.4 Å². The molecular weight excluding hydrogens is 470 g/mol. The van der Waals surface area contributed by atoms with Gasteiger partial charge in [0.05, 0.1) is 19.8 Å². The zero-order valence-electron chi connectivity index (χ0n) is 22.7. The third-order valence-corrected chi connectivity index (χ3v) is 7.08. The van der Waals surface area contributed by atoms with E-state index >= 15 is 0 Å². The Morgan fingerprint density at radius 1 is 0.500 bits per heavy atom. The SMILES string of the molecule is [C-]#[N+]CCC(CCCOCc1ccccc1)(CCCOCc1ccccc1)CCCOCc1ccccc1. The summed E-state index contributed by atoms with van der Waals surface area (Å²) in [5.74, 6) is 0. The third-order valence-electron chi connectivity index (χ3n) is 7.08. The van der Waals surface area contributed by atoms with Crippen LogP contribution in [0.25, 0.3) is 4.85 Å². The van der Waals surface area contributed by atoms with Gasteiger partial charge < -0.3 is 19.1 Å². The Labute approximate surface area is 229 Å². The van der Waals surface area contributed by atoms with Crippen molar-refractivity contribution in [3.63, 3.8) is 0 Å². The van der Waals surface area contributed by atoms with Crippen LogP contribution in [0.15, 0.2) is 91.0 Å². The molecule has 0 aliphatic rings. The van der Waals surface area contributed by atoms with Gasteiger partial charge in [0.25, 0.3) is 0 Å². The fourth-order valence-corrected chi connectivity index (χ4v) is 4.98. The van der Waals surface area contributed by atoms with Gasteiger partial charge >= 0.3 is 0 Å². The lowest BCUT2D eigenvalue weighted by molar-refractivity contribution is 0.0704. The van der Waals surface area contributed by atoms with Crippen molar-refractivity contribution in [2.75, 3.05) is 26.4 Å². The molecule has 3 aromatic carbocycles. The first kappa shape index (κ1) is 29.6. The molecule has 0 fully saturated rings. The van der Waals surface area contributed by atoms with E-state index in [2.05, 4.69) is 41.2 Å². The van der Waals surface area contributed by atoms with Gasteiger partial charge in [0.15, 0.2) is 0 Å².